The summed E-state index contributed by atoms with van der Waals surface area (Å²) >= 11 is 0. The summed E-state index contributed by atoms with van der Waals surface area (Å²) in [6.45, 7) is 7.71. The van der Waals surface area contributed by atoms with Crippen molar-refractivity contribution in [3.05, 3.63) is 52.7 Å². The summed E-state index contributed by atoms with van der Waals surface area (Å²) < 4.78 is 5.52. The van der Waals surface area contributed by atoms with Gasteiger partial charge in [-0.15, -0.1) is 0 Å². The van der Waals surface area contributed by atoms with E-state index in [1.54, 1.807) is 30.0 Å². The second kappa shape index (κ2) is 6.57. The van der Waals surface area contributed by atoms with E-state index in [0.29, 0.717) is 48.8 Å². The standard InChI is InChI=1S/C20H22N4O3/c1-12-10-16(13(2)21-12)20(26)24-8-6-23(7-9-24)19(25)15-4-5-17-18(11-15)27-14(3)22-17/h4-5,10-11,21H,6-9H2,1-3H3. The highest BCUT2D eigenvalue weighted by Crippen LogP contribution is 2.19. The summed E-state index contributed by atoms with van der Waals surface area (Å²) in [6, 6.07) is 7.19. The Morgan fingerprint density at radius 1 is 1.00 bits per heavy atom. The van der Waals surface area contributed by atoms with Gasteiger partial charge in [0, 0.05) is 50.1 Å². The summed E-state index contributed by atoms with van der Waals surface area (Å²) in [4.78, 5) is 36.5. The van der Waals surface area contributed by atoms with Crippen LogP contribution >= 0.6 is 0 Å². The molecule has 7 heteroatoms. The molecule has 7 nitrogen and oxygen atoms in total. The monoisotopic (exact) mass is 366 g/mol. The van der Waals surface area contributed by atoms with Crippen LogP contribution in [0, 0.1) is 20.8 Å². The lowest BCUT2D eigenvalue weighted by atomic mass is 10.1. The lowest BCUT2D eigenvalue weighted by Crippen LogP contribution is -2.50. The van der Waals surface area contributed by atoms with Crippen molar-refractivity contribution < 1.29 is 14.0 Å². The first-order chi connectivity index (χ1) is 12.9. The maximum atomic E-state index is 12.8. The minimum absolute atomic E-state index is 0.0162. The number of carbonyl (C=O) groups is 2. The van der Waals surface area contributed by atoms with Gasteiger partial charge in [0.15, 0.2) is 11.5 Å². The van der Waals surface area contributed by atoms with E-state index < -0.39 is 0 Å². The molecular formula is C20H22N4O3. The smallest absolute Gasteiger partial charge is 0.255 e. The van der Waals surface area contributed by atoms with Crippen LogP contribution in [0.25, 0.3) is 11.1 Å². The molecule has 0 atom stereocenters. The van der Waals surface area contributed by atoms with Gasteiger partial charge >= 0.3 is 0 Å². The molecule has 27 heavy (non-hydrogen) atoms. The van der Waals surface area contributed by atoms with E-state index in [1.165, 1.54) is 0 Å². The van der Waals surface area contributed by atoms with Crippen molar-refractivity contribution in [1.29, 1.82) is 0 Å². The van der Waals surface area contributed by atoms with Crippen molar-refractivity contribution in [2.45, 2.75) is 20.8 Å². The Morgan fingerprint density at radius 3 is 2.30 bits per heavy atom. The molecule has 1 aromatic carbocycles. The van der Waals surface area contributed by atoms with Gasteiger partial charge in [-0.2, -0.15) is 0 Å². The minimum atomic E-state index is -0.0493. The first kappa shape index (κ1) is 17.3. The lowest BCUT2D eigenvalue weighted by Gasteiger charge is -2.34. The number of oxazole rings is 1. The number of benzene rings is 1. The molecule has 0 spiro atoms. The maximum Gasteiger partial charge on any atom is 0.255 e. The number of H-pyrrole nitrogens is 1. The quantitative estimate of drug-likeness (QED) is 0.756. The first-order valence-corrected chi connectivity index (χ1v) is 9.04. The highest BCUT2D eigenvalue weighted by atomic mass is 16.3. The van der Waals surface area contributed by atoms with E-state index in [1.807, 2.05) is 24.8 Å². The predicted molar refractivity (Wildman–Crippen MR) is 101 cm³/mol. The zero-order chi connectivity index (χ0) is 19.1. The van der Waals surface area contributed by atoms with Crippen LogP contribution in [0.2, 0.25) is 0 Å². The molecule has 2 amide bonds. The van der Waals surface area contributed by atoms with Crippen LogP contribution in [0.3, 0.4) is 0 Å². The zero-order valence-electron chi connectivity index (χ0n) is 15.7. The topological polar surface area (TPSA) is 82.4 Å². The molecule has 1 aliphatic heterocycles. The van der Waals surface area contributed by atoms with Gasteiger partial charge in [-0.05, 0) is 38.1 Å². The fourth-order valence-corrected chi connectivity index (χ4v) is 3.58. The van der Waals surface area contributed by atoms with Crippen LogP contribution in [-0.2, 0) is 0 Å². The van der Waals surface area contributed by atoms with Crippen LogP contribution in [0.4, 0.5) is 0 Å². The average molecular weight is 366 g/mol. The third-order valence-corrected chi connectivity index (χ3v) is 4.98. The molecule has 2 aromatic heterocycles. The molecule has 1 fully saturated rings. The number of fused-ring (bicyclic) bond motifs is 1. The van der Waals surface area contributed by atoms with Crippen LogP contribution in [0.5, 0.6) is 0 Å². The number of rotatable bonds is 2. The van der Waals surface area contributed by atoms with Crippen LogP contribution < -0.4 is 0 Å². The average Bonchev–Trinajstić information content (AvgIpc) is 3.20. The number of aromatic nitrogens is 2. The van der Waals surface area contributed by atoms with Crippen molar-refractivity contribution >= 4 is 22.9 Å². The van der Waals surface area contributed by atoms with Crippen molar-refractivity contribution in [3.8, 4) is 0 Å². The molecular weight excluding hydrogens is 344 g/mol. The Morgan fingerprint density at radius 2 is 1.67 bits per heavy atom. The second-order valence-electron chi connectivity index (χ2n) is 6.99. The summed E-state index contributed by atoms with van der Waals surface area (Å²) in [6.07, 6.45) is 0. The fraction of sp³-hybridized carbons (Fsp3) is 0.350. The lowest BCUT2D eigenvalue weighted by molar-refractivity contribution is 0.0535. The highest BCUT2D eigenvalue weighted by Gasteiger charge is 2.27. The normalized spacial score (nSPS) is 14.8. The number of amides is 2. The van der Waals surface area contributed by atoms with Crippen LogP contribution in [-0.4, -0.2) is 57.8 Å². The summed E-state index contributed by atoms with van der Waals surface area (Å²) in [5, 5.41) is 0. The minimum Gasteiger partial charge on any atom is -0.441 e. The molecule has 0 saturated carbocycles. The fourth-order valence-electron chi connectivity index (χ4n) is 3.58. The molecule has 1 aliphatic rings. The zero-order valence-corrected chi connectivity index (χ0v) is 15.7. The Bertz CT molecular complexity index is 1030. The molecule has 4 rings (SSSR count). The van der Waals surface area contributed by atoms with Crippen molar-refractivity contribution in [2.75, 3.05) is 26.2 Å². The third-order valence-electron chi connectivity index (χ3n) is 4.98. The van der Waals surface area contributed by atoms with Gasteiger partial charge in [-0.1, -0.05) is 0 Å². The number of nitrogens with one attached hydrogen (secondary N) is 1. The van der Waals surface area contributed by atoms with E-state index in [0.717, 1.165) is 16.9 Å². The summed E-state index contributed by atoms with van der Waals surface area (Å²) in [5.74, 6) is 0.547. The van der Waals surface area contributed by atoms with Gasteiger partial charge in [-0.25, -0.2) is 4.98 Å². The molecule has 1 N–H and O–H groups in total. The second-order valence-corrected chi connectivity index (χ2v) is 6.99. The van der Waals surface area contributed by atoms with Gasteiger partial charge in [-0.3, -0.25) is 9.59 Å². The number of hydrogen-bond donors (Lipinski definition) is 1. The molecule has 0 bridgehead atoms. The Labute approximate surface area is 157 Å². The van der Waals surface area contributed by atoms with Gasteiger partial charge < -0.3 is 19.2 Å². The van der Waals surface area contributed by atoms with Crippen molar-refractivity contribution in [3.63, 3.8) is 0 Å². The van der Waals surface area contributed by atoms with Gasteiger partial charge in [0.25, 0.3) is 11.8 Å². The van der Waals surface area contributed by atoms with Crippen molar-refractivity contribution in [1.82, 2.24) is 19.8 Å². The van der Waals surface area contributed by atoms with Gasteiger partial charge in [0.1, 0.15) is 5.52 Å². The SMILES string of the molecule is Cc1cc(C(=O)N2CCN(C(=O)c3ccc4nc(C)oc4c3)CC2)c(C)[nH]1. The number of hydrogen-bond acceptors (Lipinski definition) is 4. The molecule has 0 aliphatic carbocycles. The number of carbonyl (C=O) groups excluding carboxylic acids is 2. The van der Waals surface area contributed by atoms with Crippen LogP contribution in [0.1, 0.15) is 38.0 Å². The predicted octanol–water partition coefficient (Wildman–Crippen LogP) is 2.68. The summed E-state index contributed by atoms with van der Waals surface area (Å²) in [5.41, 5.74) is 4.51. The number of nitrogens with zero attached hydrogens (tertiary/aromatic N) is 3. The summed E-state index contributed by atoms with van der Waals surface area (Å²) in [7, 11) is 0. The van der Waals surface area contributed by atoms with Crippen molar-refractivity contribution in [2.24, 2.45) is 0 Å². The number of aromatic amines is 1. The molecule has 0 radical (unpaired) electrons. The van der Waals surface area contributed by atoms with E-state index in [9.17, 15) is 9.59 Å². The molecule has 140 valence electrons. The van der Waals surface area contributed by atoms with E-state index in [2.05, 4.69) is 9.97 Å². The van der Waals surface area contributed by atoms with E-state index in [4.69, 9.17) is 4.42 Å². The van der Waals surface area contributed by atoms with E-state index >= 15 is 0 Å². The highest BCUT2D eigenvalue weighted by molar-refractivity contribution is 5.98. The third kappa shape index (κ3) is 3.20. The Hall–Kier alpha value is -3.09. The number of aryl methyl sites for hydroxylation is 3. The van der Waals surface area contributed by atoms with Gasteiger partial charge in [0.05, 0.1) is 5.56 Å². The van der Waals surface area contributed by atoms with Crippen LogP contribution in [0.15, 0.2) is 28.7 Å². The first-order valence-electron chi connectivity index (χ1n) is 9.04. The molecule has 3 heterocycles. The molecule has 1 saturated heterocycles. The maximum absolute atomic E-state index is 12.8. The van der Waals surface area contributed by atoms with E-state index in [-0.39, 0.29) is 11.8 Å². The largest absolute Gasteiger partial charge is 0.441 e. The molecule has 0 unspecified atom stereocenters. The van der Waals surface area contributed by atoms with Gasteiger partial charge in [0.2, 0.25) is 0 Å². The molecule has 3 aromatic rings. The Balaban J connectivity index is 1.44. The number of piperazine rings is 1. The Kier molecular flexibility index (Phi) is 4.22.